The van der Waals surface area contributed by atoms with Crippen molar-refractivity contribution in [2.24, 2.45) is 5.92 Å². The fourth-order valence-corrected chi connectivity index (χ4v) is 2.08. The number of nitrogens with zero attached hydrogens (tertiary/aromatic N) is 1. The molecule has 102 valence electrons. The van der Waals surface area contributed by atoms with E-state index in [-0.39, 0.29) is 6.54 Å². The first-order chi connectivity index (χ1) is 7.74. The molecule has 0 aromatic heterocycles. The van der Waals surface area contributed by atoms with Crippen LogP contribution in [0.5, 0.6) is 0 Å². The molecule has 0 bridgehead atoms. The number of hydrogen-bond donors (Lipinski definition) is 2. The molecule has 0 heterocycles. The van der Waals surface area contributed by atoms with Crippen molar-refractivity contribution in [1.82, 2.24) is 4.90 Å². The molecule has 0 saturated carbocycles. The number of rotatable bonds is 8. The predicted octanol–water partition coefficient (Wildman–Crippen LogP) is 1.97. The molecule has 0 aliphatic heterocycles. The highest BCUT2D eigenvalue weighted by Crippen LogP contribution is 2.16. The van der Waals surface area contributed by atoms with Crippen molar-refractivity contribution in [2.75, 3.05) is 13.1 Å². The smallest absolute Gasteiger partial charge is 0.336 e. The molecule has 2 N–H and O–H groups in total. The molecule has 1 atom stereocenters. The molecular formula is C13H27NO3. The van der Waals surface area contributed by atoms with E-state index in [9.17, 15) is 9.90 Å². The van der Waals surface area contributed by atoms with Crippen LogP contribution in [-0.4, -0.2) is 45.8 Å². The van der Waals surface area contributed by atoms with Crippen LogP contribution in [0.1, 0.15) is 47.5 Å². The Kier molecular flexibility index (Phi) is 6.72. The highest BCUT2D eigenvalue weighted by atomic mass is 16.4. The molecule has 1 unspecified atom stereocenters. The van der Waals surface area contributed by atoms with Gasteiger partial charge in [-0.1, -0.05) is 27.7 Å². The summed E-state index contributed by atoms with van der Waals surface area (Å²) in [5.41, 5.74) is -1.67. The van der Waals surface area contributed by atoms with Gasteiger partial charge in [-0.05, 0) is 25.7 Å². The first-order valence-corrected chi connectivity index (χ1v) is 6.44. The topological polar surface area (TPSA) is 60.8 Å². The second kappa shape index (κ2) is 6.97. The first kappa shape index (κ1) is 16.4. The van der Waals surface area contributed by atoms with Crippen LogP contribution >= 0.6 is 0 Å². The Labute approximate surface area is 105 Å². The first-order valence-electron chi connectivity index (χ1n) is 6.44. The van der Waals surface area contributed by atoms with Gasteiger partial charge in [0, 0.05) is 19.1 Å². The van der Waals surface area contributed by atoms with Gasteiger partial charge in [-0.25, -0.2) is 4.79 Å². The maximum atomic E-state index is 11.0. The standard InChI is InChI=1S/C13H27NO3/c1-6-11(7-2)14(8-10(3)4)9-13(5,17)12(15)16/h10-11,17H,6-9H2,1-5H3,(H,15,16). The van der Waals surface area contributed by atoms with E-state index in [1.54, 1.807) is 0 Å². The van der Waals surface area contributed by atoms with Gasteiger partial charge < -0.3 is 10.2 Å². The van der Waals surface area contributed by atoms with Gasteiger partial charge in [0.05, 0.1) is 0 Å². The molecule has 4 heteroatoms. The average molecular weight is 245 g/mol. The number of aliphatic hydroxyl groups is 1. The Morgan fingerprint density at radius 3 is 2.06 bits per heavy atom. The molecule has 0 aromatic carbocycles. The lowest BCUT2D eigenvalue weighted by Crippen LogP contribution is -2.50. The summed E-state index contributed by atoms with van der Waals surface area (Å²) < 4.78 is 0. The second-order valence-corrected chi connectivity index (χ2v) is 5.37. The zero-order valence-corrected chi connectivity index (χ0v) is 11.7. The summed E-state index contributed by atoms with van der Waals surface area (Å²) in [6.07, 6.45) is 1.94. The third kappa shape index (κ3) is 5.50. The van der Waals surface area contributed by atoms with E-state index in [2.05, 4.69) is 32.6 Å². The monoisotopic (exact) mass is 245 g/mol. The number of hydrogen-bond acceptors (Lipinski definition) is 3. The molecular weight excluding hydrogens is 218 g/mol. The molecule has 0 aliphatic carbocycles. The Hall–Kier alpha value is -0.610. The van der Waals surface area contributed by atoms with Gasteiger partial charge in [0.25, 0.3) is 0 Å². The van der Waals surface area contributed by atoms with E-state index in [1.807, 2.05) is 0 Å². The average Bonchev–Trinajstić information content (AvgIpc) is 2.17. The maximum absolute atomic E-state index is 11.0. The summed E-state index contributed by atoms with van der Waals surface area (Å²) in [4.78, 5) is 13.1. The minimum absolute atomic E-state index is 0.187. The molecule has 0 rings (SSSR count). The van der Waals surface area contributed by atoms with Gasteiger partial charge in [-0.3, -0.25) is 4.90 Å². The van der Waals surface area contributed by atoms with Crippen LogP contribution in [0.25, 0.3) is 0 Å². The van der Waals surface area contributed by atoms with Crippen LogP contribution in [0.2, 0.25) is 0 Å². The Morgan fingerprint density at radius 1 is 1.29 bits per heavy atom. The Morgan fingerprint density at radius 2 is 1.76 bits per heavy atom. The molecule has 17 heavy (non-hydrogen) atoms. The number of carboxylic acid groups (broad SMARTS) is 1. The van der Waals surface area contributed by atoms with Crippen LogP contribution in [-0.2, 0) is 4.79 Å². The summed E-state index contributed by atoms with van der Waals surface area (Å²) in [7, 11) is 0. The minimum atomic E-state index is -1.67. The lowest BCUT2D eigenvalue weighted by molar-refractivity contribution is -0.159. The summed E-state index contributed by atoms with van der Waals surface area (Å²) in [6.45, 7) is 10.8. The maximum Gasteiger partial charge on any atom is 0.336 e. The van der Waals surface area contributed by atoms with Crippen molar-refractivity contribution in [3.8, 4) is 0 Å². The Bertz CT molecular complexity index is 235. The summed E-state index contributed by atoms with van der Waals surface area (Å²) in [6, 6.07) is 0.336. The fraction of sp³-hybridized carbons (Fsp3) is 0.923. The van der Waals surface area contributed by atoms with E-state index in [1.165, 1.54) is 6.92 Å². The van der Waals surface area contributed by atoms with Crippen molar-refractivity contribution in [1.29, 1.82) is 0 Å². The molecule has 0 spiro atoms. The van der Waals surface area contributed by atoms with Crippen molar-refractivity contribution in [2.45, 2.75) is 59.1 Å². The van der Waals surface area contributed by atoms with E-state index in [0.29, 0.717) is 12.0 Å². The molecule has 0 amide bonds. The third-order valence-electron chi connectivity index (χ3n) is 3.03. The van der Waals surface area contributed by atoms with Crippen LogP contribution < -0.4 is 0 Å². The van der Waals surface area contributed by atoms with E-state index in [4.69, 9.17) is 5.11 Å². The van der Waals surface area contributed by atoms with Gasteiger partial charge in [0.15, 0.2) is 5.60 Å². The van der Waals surface area contributed by atoms with Crippen molar-refractivity contribution in [3.05, 3.63) is 0 Å². The van der Waals surface area contributed by atoms with Crippen molar-refractivity contribution in [3.63, 3.8) is 0 Å². The van der Waals surface area contributed by atoms with Gasteiger partial charge >= 0.3 is 5.97 Å². The summed E-state index contributed by atoms with van der Waals surface area (Å²) >= 11 is 0. The van der Waals surface area contributed by atoms with Gasteiger partial charge in [0.1, 0.15) is 0 Å². The van der Waals surface area contributed by atoms with Gasteiger partial charge in [-0.15, -0.1) is 0 Å². The van der Waals surface area contributed by atoms with E-state index >= 15 is 0 Å². The minimum Gasteiger partial charge on any atom is -0.479 e. The quantitative estimate of drug-likeness (QED) is 0.686. The summed E-state index contributed by atoms with van der Waals surface area (Å²) in [5, 5.41) is 18.8. The van der Waals surface area contributed by atoms with Gasteiger partial charge in [-0.2, -0.15) is 0 Å². The Balaban J connectivity index is 4.75. The van der Waals surface area contributed by atoms with E-state index < -0.39 is 11.6 Å². The van der Waals surface area contributed by atoms with Crippen LogP contribution in [0.3, 0.4) is 0 Å². The molecule has 4 nitrogen and oxygen atoms in total. The molecule has 0 radical (unpaired) electrons. The van der Waals surface area contributed by atoms with Crippen LogP contribution in [0, 0.1) is 5.92 Å². The fourth-order valence-electron chi connectivity index (χ4n) is 2.08. The number of aliphatic carboxylic acids is 1. The largest absolute Gasteiger partial charge is 0.479 e. The third-order valence-corrected chi connectivity index (χ3v) is 3.03. The highest BCUT2D eigenvalue weighted by molar-refractivity contribution is 5.76. The zero-order chi connectivity index (χ0) is 13.6. The lowest BCUT2D eigenvalue weighted by Gasteiger charge is -2.35. The second-order valence-electron chi connectivity index (χ2n) is 5.37. The lowest BCUT2D eigenvalue weighted by atomic mass is 10.0. The van der Waals surface area contributed by atoms with Crippen molar-refractivity contribution >= 4 is 5.97 Å². The zero-order valence-electron chi connectivity index (χ0n) is 11.7. The van der Waals surface area contributed by atoms with Crippen LogP contribution in [0.4, 0.5) is 0 Å². The summed E-state index contributed by atoms with van der Waals surface area (Å²) in [5.74, 6) is -0.697. The van der Waals surface area contributed by atoms with E-state index in [0.717, 1.165) is 19.4 Å². The molecule has 0 aromatic rings. The van der Waals surface area contributed by atoms with Crippen LogP contribution in [0.15, 0.2) is 0 Å². The number of carboxylic acids is 1. The van der Waals surface area contributed by atoms with Gasteiger partial charge in [0.2, 0.25) is 0 Å². The molecule has 0 aliphatic rings. The SMILES string of the molecule is CCC(CC)N(CC(C)C)CC(C)(O)C(=O)O. The predicted molar refractivity (Wildman–Crippen MR) is 69.0 cm³/mol. The van der Waals surface area contributed by atoms with Crippen molar-refractivity contribution < 1.29 is 15.0 Å². The highest BCUT2D eigenvalue weighted by Gasteiger charge is 2.34. The molecule has 0 saturated heterocycles. The normalized spacial score (nSPS) is 15.6. The number of carbonyl (C=O) groups is 1. The molecule has 0 fully saturated rings.